The molecule has 1 heterocycles. The lowest BCUT2D eigenvalue weighted by atomic mass is 10.5. The number of nitrogens with one attached hydrogen (secondary N) is 1. The minimum absolute atomic E-state index is 0.299. The number of thiol groups is 1. The van der Waals surface area contributed by atoms with Crippen molar-refractivity contribution in [3.63, 3.8) is 0 Å². The highest BCUT2D eigenvalue weighted by Gasteiger charge is 2.01. The smallest absolute Gasteiger partial charge is 0.234 e. The molecule has 0 bridgehead atoms. The largest absolute Gasteiger partial charge is 0.382 e. The summed E-state index contributed by atoms with van der Waals surface area (Å²) in [5, 5.41) is 5.56. The molecule has 0 unspecified atom stereocenters. The molecule has 0 aliphatic rings. The minimum atomic E-state index is -0.362. The van der Waals surface area contributed by atoms with E-state index in [1.54, 1.807) is 0 Å². The summed E-state index contributed by atoms with van der Waals surface area (Å²) in [6, 6.07) is 1.43. The van der Waals surface area contributed by atoms with Gasteiger partial charge in [-0.15, -0.1) is 0 Å². The van der Waals surface area contributed by atoms with Crippen LogP contribution in [0, 0.1) is 0 Å². The molecule has 0 aliphatic heterocycles. The molecular formula is C4H5N3OS. The van der Waals surface area contributed by atoms with Crippen molar-refractivity contribution in [3.05, 3.63) is 11.8 Å². The molecule has 3 N–H and O–H groups in total. The van der Waals surface area contributed by atoms with Gasteiger partial charge in [-0.2, -0.15) is 5.10 Å². The fraction of sp³-hybridized carbons (Fsp3) is 0. The van der Waals surface area contributed by atoms with Gasteiger partial charge in [0.05, 0.1) is 0 Å². The van der Waals surface area contributed by atoms with Crippen molar-refractivity contribution in [1.82, 2.24) is 10.2 Å². The van der Waals surface area contributed by atoms with Crippen molar-refractivity contribution in [1.29, 1.82) is 0 Å². The van der Waals surface area contributed by atoms with Gasteiger partial charge < -0.3 is 5.73 Å². The second-order valence-electron chi connectivity index (χ2n) is 1.51. The third-order valence-corrected chi connectivity index (χ3v) is 1.07. The quantitative estimate of drug-likeness (QED) is 0.487. The van der Waals surface area contributed by atoms with Crippen LogP contribution in [0.5, 0.6) is 0 Å². The highest BCUT2D eigenvalue weighted by atomic mass is 32.1. The Hall–Kier alpha value is -0.970. The van der Waals surface area contributed by atoms with Gasteiger partial charge in [-0.3, -0.25) is 9.89 Å². The molecule has 0 amide bonds. The zero-order valence-corrected chi connectivity index (χ0v) is 5.35. The Bertz CT molecular complexity index is 231. The average Bonchev–Trinajstić information content (AvgIpc) is 2.14. The number of hydrogen-bond acceptors (Lipinski definition) is 3. The lowest BCUT2D eigenvalue weighted by molar-refractivity contribution is 0.108. The SMILES string of the molecule is Nc1cc(C(=O)S)[nH]n1. The first-order valence-corrected chi connectivity index (χ1v) is 2.69. The normalized spacial score (nSPS) is 9.44. The van der Waals surface area contributed by atoms with E-state index >= 15 is 0 Å². The number of nitrogen functional groups attached to an aromatic ring is 1. The highest BCUT2D eigenvalue weighted by Crippen LogP contribution is 2.02. The van der Waals surface area contributed by atoms with Crippen LogP contribution < -0.4 is 5.73 Å². The fourth-order valence-electron chi connectivity index (χ4n) is 0.447. The topological polar surface area (TPSA) is 71.8 Å². The third-order valence-electron chi connectivity index (χ3n) is 0.828. The standard InChI is InChI=1S/C4H5N3OS/c5-3-1-2(4(8)9)6-7-3/h1H,(H,8,9)(H3,5,6,7). The Balaban J connectivity index is 2.98. The van der Waals surface area contributed by atoms with Crippen LogP contribution >= 0.6 is 12.6 Å². The summed E-state index contributed by atoms with van der Waals surface area (Å²) < 4.78 is 0. The Morgan fingerprint density at radius 2 is 2.56 bits per heavy atom. The molecule has 0 radical (unpaired) electrons. The van der Waals surface area contributed by atoms with Crippen molar-refractivity contribution in [2.24, 2.45) is 0 Å². The predicted molar refractivity (Wildman–Crippen MR) is 36.3 cm³/mol. The van der Waals surface area contributed by atoms with Crippen molar-refractivity contribution in [2.75, 3.05) is 5.73 Å². The maximum Gasteiger partial charge on any atom is 0.234 e. The molecule has 9 heavy (non-hydrogen) atoms. The molecule has 0 saturated carbocycles. The summed E-state index contributed by atoms with van der Waals surface area (Å²) in [5.74, 6) is 0.299. The lowest BCUT2D eigenvalue weighted by Crippen LogP contribution is -1.86. The van der Waals surface area contributed by atoms with Crippen LogP contribution in [-0.2, 0) is 0 Å². The van der Waals surface area contributed by atoms with Crippen LogP contribution in [0.25, 0.3) is 0 Å². The van der Waals surface area contributed by atoms with E-state index in [1.165, 1.54) is 6.07 Å². The van der Waals surface area contributed by atoms with Crippen LogP contribution in [-0.4, -0.2) is 15.3 Å². The summed E-state index contributed by atoms with van der Waals surface area (Å²) in [5.41, 5.74) is 5.50. The Morgan fingerprint density at radius 3 is 2.78 bits per heavy atom. The number of rotatable bonds is 1. The van der Waals surface area contributed by atoms with Crippen LogP contribution in [0.2, 0.25) is 0 Å². The van der Waals surface area contributed by atoms with E-state index in [4.69, 9.17) is 5.73 Å². The van der Waals surface area contributed by atoms with Gasteiger partial charge in [0.1, 0.15) is 11.5 Å². The number of H-pyrrole nitrogens is 1. The first-order valence-electron chi connectivity index (χ1n) is 2.24. The molecule has 0 spiro atoms. The van der Waals surface area contributed by atoms with E-state index < -0.39 is 0 Å². The molecule has 1 rings (SSSR count). The molecule has 0 aliphatic carbocycles. The number of nitrogens with two attached hydrogens (primary N) is 1. The number of aromatic nitrogens is 2. The van der Waals surface area contributed by atoms with Crippen LogP contribution in [0.4, 0.5) is 5.82 Å². The summed E-state index contributed by atoms with van der Waals surface area (Å²) in [6.45, 7) is 0. The first kappa shape index (κ1) is 6.15. The number of nitrogens with zero attached hydrogens (tertiary/aromatic N) is 1. The van der Waals surface area contributed by atoms with Gasteiger partial charge in [0.25, 0.3) is 0 Å². The van der Waals surface area contributed by atoms with Crippen molar-refractivity contribution >= 4 is 23.6 Å². The monoisotopic (exact) mass is 143 g/mol. The summed E-state index contributed by atoms with van der Waals surface area (Å²) in [7, 11) is 0. The number of carbonyl (C=O) groups is 1. The second kappa shape index (κ2) is 2.10. The highest BCUT2D eigenvalue weighted by molar-refractivity contribution is 7.97. The zero-order valence-electron chi connectivity index (χ0n) is 4.46. The summed E-state index contributed by atoms with van der Waals surface area (Å²) in [6.07, 6.45) is 0. The van der Waals surface area contributed by atoms with Crippen molar-refractivity contribution < 1.29 is 4.79 Å². The zero-order chi connectivity index (χ0) is 6.85. The molecule has 0 aromatic carbocycles. The molecule has 4 nitrogen and oxygen atoms in total. The van der Waals surface area contributed by atoms with Gasteiger partial charge in [0.2, 0.25) is 5.12 Å². The van der Waals surface area contributed by atoms with Gasteiger partial charge in [0, 0.05) is 6.07 Å². The minimum Gasteiger partial charge on any atom is -0.382 e. The van der Waals surface area contributed by atoms with Gasteiger partial charge >= 0.3 is 0 Å². The van der Waals surface area contributed by atoms with Gasteiger partial charge in [-0.25, -0.2) is 0 Å². The van der Waals surface area contributed by atoms with Crippen molar-refractivity contribution in [3.8, 4) is 0 Å². The third kappa shape index (κ3) is 1.23. The number of aromatic amines is 1. The van der Waals surface area contributed by atoms with Crippen molar-refractivity contribution in [2.45, 2.75) is 0 Å². The second-order valence-corrected chi connectivity index (χ2v) is 1.92. The Labute approximate surface area is 56.9 Å². The fourth-order valence-corrected chi connectivity index (χ4v) is 0.561. The Morgan fingerprint density at radius 1 is 1.89 bits per heavy atom. The first-order chi connectivity index (χ1) is 4.20. The van der Waals surface area contributed by atoms with Gasteiger partial charge in [0.15, 0.2) is 0 Å². The average molecular weight is 143 g/mol. The molecule has 0 atom stereocenters. The van der Waals surface area contributed by atoms with E-state index in [-0.39, 0.29) is 5.12 Å². The molecule has 5 heteroatoms. The number of anilines is 1. The van der Waals surface area contributed by atoms with E-state index in [0.29, 0.717) is 11.5 Å². The maximum atomic E-state index is 10.4. The number of hydrogen-bond donors (Lipinski definition) is 3. The van der Waals surface area contributed by atoms with E-state index in [1.807, 2.05) is 0 Å². The van der Waals surface area contributed by atoms with E-state index in [0.717, 1.165) is 0 Å². The Kier molecular flexibility index (Phi) is 1.44. The van der Waals surface area contributed by atoms with Crippen LogP contribution in [0.1, 0.15) is 10.5 Å². The molecule has 1 aromatic rings. The van der Waals surface area contributed by atoms with Gasteiger partial charge in [-0.05, 0) is 0 Å². The summed E-state index contributed by atoms with van der Waals surface area (Å²) >= 11 is 3.54. The molecule has 48 valence electrons. The van der Waals surface area contributed by atoms with Gasteiger partial charge in [-0.1, -0.05) is 12.6 Å². The van der Waals surface area contributed by atoms with Crippen LogP contribution in [0.3, 0.4) is 0 Å². The number of carbonyl (C=O) groups excluding carboxylic acids is 1. The maximum absolute atomic E-state index is 10.4. The molecule has 0 fully saturated rings. The molecule has 0 saturated heterocycles. The lowest BCUT2D eigenvalue weighted by Gasteiger charge is -1.79. The molecule has 1 aromatic heterocycles. The van der Waals surface area contributed by atoms with E-state index in [2.05, 4.69) is 22.8 Å². The van der Waals surface area contributed by atoms with Crippen LogP contribution in [0.15, 0.2) is 6.07 Å². The molecular weight excluding hydrogens is 138 g/mol. The predicted octanol–water partition coefficient (Wildman–Crippen LogP) is 0.0619. The van der Waals surface area contributed by atoms with E-state index in [9.17, 15) is 4.79 Å². The summed E-state index contributed by atoms with van der Waals surface area (Å²) in [4.78, 5) is 10.4.